The molecule has 10 heteroatoms. The molecular weight excluding hydrogens is 428 g/mol. The molecule has 0 saturated carbocycles. The van der Waals surface area contributed by atoms with Crippen molar-refractivity contribution in [2.24, 2.45) is 0 Å². The molecule has 8 nitrogen and oxygen atoms in total. The molecule has 0 aliphatic heterocycles. The van der Waals surface area contributed by atoms with Crippen LogP contribution >= 0.6 is 0 Å². The van der Waals surface area contributed by atoms with Crippen LogP contribution < -0.4 is 9.44 Å². The first-order valence-electron chi connectivity index (χ1n) is 8.53. The molecule has 0 saturated heterocycles. The van der Waals surface area contributed by atoms with Crippen molar-refractivity contribution in [2.45, 2.75) is 9.79 Å². The van der Waals surface area contributed by atoms with Crippen LogP contribution in [0.25, 0.3) is 0 Å². The molecule has 0 fully saturated rings. The Morgan fingerprint density at radius 2 is 0.800 bits per heavy atom. The largest absolute Gasteiger partial charge is 0.268 e. The van der Waals surface area contributed by atoms with Crippen LogP contribution in [0.3, 0.4) is 0 Å². The van der Waals surface area contributed by atoms with Crippen molar-refractivity contribution < 1.29 is 26.4 Å². The van der Waals surface area contributed by atoms with Crippen LogP contribution in [0.5, 0.6) is 0 Å². The number of amides is 2. The zero-order chi connectivity index (χ0) is 21.8. The fourth-order valence-corrected chi connectivity index (χ4v) is 4.44. The van der Waals surface area contributed by atoms with E-state index in [1.54, 1.807) is 12.1 Å². The Morgan fingerprint density at radius 1 is 0.500 bits per heavy atom. The van der Waals surface area contributed by atoms with Gasteiger partial charge in [0.25, 0.3) is 31.9 Å². The highest BCUT2D eigenvalue weighted by Gasteiger charge is 2.20. The molecular formula is C20H16N2O6S2. The number of sulfonamides is 2. The summed E-state index contributed by atoms with van der Waals surface area (Å²) in [5.41, 5.74) is -0.0334. The monoisotopic (exact) mass is 444 g/mol. The van der Waals surface area contributed by atoms with Gasteiger partial charge in [-0.1, -0.05) is 36.4 Å². The molecule has 0 radical (unpaired) electrons. The summed E-state index contributed by atoms with van der Waals surface area (Å²) in [5, 5.41) is 0. The Hall–Kier alpha value is -3.50. The number of rotatable bonds is 6. The number of nitrogens with one attached hydrogen (secondary N) is 2. The second-order valence-electron chi connectivity index (χ2n) is 6.07. The van der Waals surface area contributed by atoms with Gasteiger partial charge in [-0.25, -0.2) is 26.3 Å². The third-order valence-corrected chi connectivity index (χ3v) is 6.66. The molecule has 0 spiro atoms. The topological polar surface area (TPSA) is 126 Å². The van der Waals surface area contributed by atoms with Gasteiger partial charge in [0.2, 0.25) is 0 Å². The highest BCUT2D eigenvalue weighted by Crippen LogP contribution is 2.12. The summed E-state index contributed by atoms with van der Waals surface area (Å²) in [4.78, 5) is 24.3. The number of carbonyl (C=O) groups is 2. The molecule has 0 aliphatic carbocycles. The first-order valence-corrected chi connectivity index (χ1v) is 11.5. The van der Waals surface area contributed by atoms with Crippen LogP contribution in [-0.4, -0.2) is 28.6 Å². The Labute approximate surface area is 173 Å². The molecule has 3 aromatic rings. The zero-order valence-electron chi connectivity index (χ0n) is 15.3. The molecule has 0 bridgehead atoms. The minimum atomic E-state index is -4.05. The van der Waals surface area contributed by atoms with Crippen molar-refractivity contribution in [3.8, 4) is 0 Å². The van der Waals surface area contributed by atoms with E-state index in [0.29, 0.717) is 0 Å². The normalized spacial score (nSPS) is 11.5. The van der Waals surface area contributed by atoms with E-state index in [1.807, 2.05) is 9.44 Å². The van der Waals surface area contributed by atoms with E-state index < -0.39 is 31.9 Å². The first-order chi connectivity index (χ1) is 14.2. The summed E-state index contributed by atoms with van der Waals surface area (Å²) in [5.74, 6) is -1.77. The van der Waals surface area contributed by atoms with Gasteiger partial charge < -0.3 is 0 Å². The summed E-state index contributed by atoms with van der Waals surface area (Å²) in [6, 6.07) is 19.6. The SMILES string of the molecule is O=C(NS(=O)(=O)c1ccccc1)c1ccc(C(=O)NS(=O)(=O)c2ccccc2)cc1. The number of benzene rings is 3. The van der Waals surface area contributed by atoms with Crippen LogP contribution in [0.2, 0.25) is 0 Å². The average Bonchev–Trinajstić information content (AvgIpc) is 2.74. The van der Waals surface area contributed by atoms with Gasteiger partial charge in [0.05, 0.1) is 9.79 Å². The quantitative estimate of drug-likeness (QED) is 0.598. The Bertz CT molecular complexity index is 1170. The molecule has 0 heterocycles. The van der Waals surface area contributed by atoms with E-state index in [-0.39, 0.29) is 20.9 Å². The van der Waals surface area contributed by atoms with Crippen molar-refractivity contribution in [3.05, 3.63) is 96.1 Å². The molecule has 0 atom stereocenters. The Balaban J connectivity index is 1.71. The number of carbonyl (C=O) groups excluding carboxylic acids is 2. The van der Waals surface area contributed by atoms with Gasteiger partial charge in [0.1, 0.15) is 0 Å². The van der Waals surface area contributed by atoms with E-state index in [9.17, 15) is 26.4 Å². The molecule has 2 N–H and O–H groups in total. The third kappa shape index (κ3) is 4.91. The van der Waals surface area contributed by atoms with E-state index in [0.717, 1.165) is 0 Å². The van der Waals surface area contributed by atoms with Crippen molar-refractivity contribution in [1.29, 1.82) is 0 Å². The van der Waals surface area contributed by atoms with Crippen LogP contribution in [0, 0.1) is 0 Å². The highest BCUT2D eigenvalue weighted by atomic mass is 32.2. The van der Waals surface area contributed by atoms with Gasteiger partial charge in [0, 0.05) is 11.1 Å². The maximum Gasteiger partial charge on any atom is 0.264 e. The van der Waals surface area contributed by atoms with E-state index in [4.69, 9.17) is 0 Å². The Kier molecular flexibility index (Phi) is 5.99. The first kappa shape index (κ1) is 21.2. The highest BCUT2D eigenvalue weighted by molar-refractivity contribution is 7.90. The maximum atomic E-state index is 12.2. The van der Waals surface area contributed by atoms with Gasteiger partial charge in [0.15, 0.2) is 0 Å². The molecule has 154 valence electrons. The van der Waals surface area contributed by atoms with Crippen molar-refractivity contribution in [1.82, 2.24) is 9.44 Å². The summed E-state index contributed by atoms with van der Waals surface area (Å²) < 4.78 is 52.7. The standard InChI is InChI=1S/C20H16N2O6S2/c23-19(21-29(25,26)17-7-3-1-4-8-17)15-11-13-16(14-12-15)20(24)22-30(27,28)18-9-5-2-6-10-18/h1-14H,(H,21,23)(H,22,24). The van der Waals surface area contributed by atoms with Gasteiger partial charge in [-0.2, -0.15) is 0 Å². The molecule has 3 rings (SSSR count). The fourth-order valence-electron chi connectivity index (χ4n) is 2.45. The molecule has 3 aromatic carbocycles. The van der Waals surface area contributed by atoms with Crippen LogP contribution in [-0.2, 0) is 20.0 Å². The third-order valence-electron chi connectivity index (χ3n) is 3.97. The minimum absolute atomic E-state index is 0.0167. The van der Waals surface area contributed by atoms with Gasteiger partial charge in [-0.05, 0) is 48.5 Å². The minimum Gasteiger partial charge on any atom is -0.268 e. The van der Waals surface area contributed by atoms with Gasteiger partial charge in [-0.3, -0.25) is 9.59 Å². The molecule has 30 heavy (non-hydrogen) atoms. The summed E-state index contributed by atoms with van der Waals surface area (Å²) >= 11 is 0. The predicted octanol–water partition coefficient (Wildman–Crippen LogP) is 1.92. The Morgan fingerprint density at radius 3 is 1.10 bits per heavy atom. The molecule has 0 aromatic heterocycles. The van der Waals surface area contributed by atoms with Crippen molar-refractivity contribution in [3.63, 3.8) is 0 Å². The van der Waals surface area contributed by atoms with Crippen molar-refractivity contribution in [2.75, 3.05) is 0 Å². The second kappa shape index (κ2) is 8.47. The lowest BCUT2D eigenvalue weighted by Crippen LogP contribution is -2.31. The predicted molar refractivity (Wildman–Crippen MR) is 109 cm³/mol. The second-order valence-corrected chi connectivity index (χ2v) is 9.44. The van der Waals surface area contributed by atoms with Crippen LogP contribution in [0.1, 0.15) is 20.7 Å². The summed E-state index contributed by atoms with van der Waals surface area (Å²) in [7, 11) is -8.09. The lowest BCUT2D eigenvalue weighted by Gasteiger charge is -2.09. The van der Waals surface area contributed by atoms with Crippen molar-refractivity contribution >= 4 is 31.9 Å². The van der Waals surface area contributed by atoms with E-state index >= 15 is 0 Å². The number of hydrogen-bond donors (Lipinski definition) is 2. The summed E-state index contributed by atoms with van der Waals surface area (Å²) in [6.45, 7) is 0. The summed E-state index contributed by atoms with van der Waals surface area (Å²) in [6.07, 6.45) is 0. The lowest BCUT2D eigenvalue weighted by atomic mass is 10.1. The van der Waals surface area contributed by atoms with Crippen LogP contribution in [0.4, 0.5) is 0 Å². The average molecular weight is 444 g/mol. The maximum absolute atomic E-state index is 12.2. The fraction of sp³-hybridized carbons (Fsp3) is 0. The molecule has 0 unspecified atom stereocenters. The van der Waals surface area contributed by atoms with Crippen LogP contribution in [0.15, 0.2) is 94.7 Å². The van der Waals surface area contributed by atoms with Gasteiger partial charge >= 0.3 is 0 Å². The smallest absolute Gasteiger partial charge is 0.264 e. The molecule has 0 aliphatic rings. The van der Waals surface area contributed by atoms with Gasteiger partial charge in [-0.15, -0.1) is 0 Å². The van der Waals surface area contributed by atoms with E-state index in [2.05, 4.69) is 0 Å². The molecule has 2 amide bonds. The van der Waals surface area contributed by atoms with E-state index in [1.165, 1.54) is 72.8 Å². The number of hydrogen-bond acceptors (Lipinski definition) is 6. The lowest BCUT2D eigenvalue weighted by molar-refractivity contribution is 0.0968. The zero-order valence-corrected chi connectivity index (χ0v) is 17.0.